The van der Waals surface area contributed by atoms with E-state index in [-0.39, 0.29) is 0 Å². The standard InChI is InChI=1S/C24H32N2/c1-24(14-17-26(20-24)18-21-8-4-2-5-9-21)19-25-15-12-23(13-16-25)22-10-6-3-7-11-22/h2-11,23H,12-20H2,1H3/t24-/m0/s1. The zero-order valence-electron chi connectivity index (χ0n) is 16.1. The van der Waals surface area contributed by atoms with E-state index >= 15 is 0 Å². The molecule has 0 spiro atoms. The van der Waals surface area contributed by atoms with Crippen LogP contribution in [0.15, 0.2) is 60.7 Å². The second-order valence-corrected chi connectivity index (χ2v) is 8.72. The van der Waals surface area contributed by atoms with E-state index in [1.165, 1.54) is 63.1 Å². The van der Waals surface area contributed by atoms with Crippen molar-refractivity contribution in [2.24, 2.45) is 5.41 Å². The van der Waals surface area contributed by atoms with Gasteiger partial charge in [-0.2, -0.15) is 0 Å². The lowest BCUT2D eigenvalue weighted by Crippen LogP contribution is -2.41. The Morgan fingerprint density at radius 1 is 0.846 bits per heavy atom. The van der Waals surface area contributed by atoms with Crippen LogP contribution in [0.2, 0.25) is 0 Å². The molecule has 0 amide bonds. The molecule has 0 aromatic heterocycles. The van der Waals surface area contributed by atoms with Crippen molar-refractivity contribution in [1.82, 2.24) is 9.80 Å². The number of benzene rings is 2. The third kappa shape index (κ3) is 4.36. The predicted octanol–water partition coefficient (Wildman–Crippen LogP) is 4.78. The second-order valence-electron chi connectivity index (χ2n) is 8.72. The SMILES string of the molecule is C[C@@]1(CN2CCC(c3ccccc3)CC2)CCN(Cc2ccccc2)C1. The smallest absolute Gasteiger partial charge is 0.0233 e. The molecular weight excluding hydrogens is 316 g/mol. The molecule has 0 bridgehead atoms. The number of nitrogens with zero attached hydrogens (tertiary/aromatic N) is 2. The monoisotopic (exact) mass is 348 g/mol. The van der Waals surface area contributed by atoms with Crippen molar-refractivity contribution < 1.29 is 0 Å². The molecule has 2 nitrogen and oxygen atoms in total. The number of piperidine rings is 1. The predicted molar refractivity (Wildman–Crippen MR) is 109 cm³/mol. The maximum Gasteiger partial charge on any atom is 0.0233 e. The highest BCUT2D eigenvalue weighted by molar-refractivity contribution is 5.20. The Hall–Kier alpha value is -1.64. The van der Waals surface area contributed by atoms with Gasteiger partial charge in [0.2, 0.25) is 0 Å². The summed E-state index contributed by atoms with van der Waals surface area (Å²) in [6, 6.07) is 22.0. The lowest BCUT2D eigenvalue weighted by molar-refractivity contribution is 0.134. The molecule has 1 atom stereocenters. The molecule has 0 radical (unpaired) electrons. The van der Waals surface area contributed by atoms with Crippen molar-refractivity contribution in [3.63, 3.8) is 0 Å². The normalized spacial score (nSPS) is 25.6. The highest BCUT2D eigenvalue weighted by Crippen LogP contribution is 2.34. The minimum atomic E-state index is 0.453. The van der Waals surface area contributed by atoms with Crippen LogP contribution in [0.1, 0.15) is 43.2 Å². The Kier molecular flexibility index (Phi) is 5.42. The van der Waals surface area contributed by atoms with Gasteiger partial charge in [-0.25, -0.2) is 0 Å². The molecule has 2 aliphatic heterocycles. The quantitative estimate of drug-likeness (QED) is 0.767. The number of likely N-dealkylation sites (tertiary alicyclic amines) is 2. The van der Waals surface area contributed by atoms with Crippen molar-refractivity contribution in [3.05, 3.63) is 71.8 Å². The molecule has 4 rings (SSSR count). The van der Waals surface area contributed by atoms with Gasteiger partial charge in [-0.3, -0.25) is 4.90 Å². The summed E-state index contributed by atoms with van der Waals surface area (Å²) in [7, 11) is 0. The molecule has 2 aromatic rings. The van der Waals surface area contributed by atoms with Crippen LogP contribution in [0.3, 0.4) is 0 Å². The average Bonchev–Trinajstić information content (AvgIpc) is 3.04. The summed E-state index contributed by atoms with van der Waals surface area (Å²) in [5, 5.41) is 0. The van der Waals surface area contributed by atoms with Crippen LogP contribution in [-0.4, -0.2) is 42.5 Å². The lowest BCUT2D eigenvalue weighted by atomic mass is 9.86. The van der Waals surface area contributed by atoms with Gasteiger partial charge in [0.25, 0.3) is 0 Å². The van der Waals surface area contributed by atoms with Crippen molar-refractivity contribution in [1.29, 1.82) is 0 Å². The Bertz CT molecular complexity index is 676. The van der Waals surface area contributed by atoms with E-state index in [0.29, 0.717) is 5.41 Å². The molecule has 0 saturated carbocycles. The van der Waals surface area contributed by atoms with Crippen molar-refractivity contribution in [2.45, 2.75) is 38.6 Å². The highest BCUT2D eigenvalue weighted by atomic mass is 15.2. The van der Waals surface area contributed by atoms with Crippen molar-refractivity contribution in [3.8, 4) is 0 Å². The lowest BCUT2D eigenvalue weighted by Gasteiger charge is -2.37. The molecule has 2 heteroatoms. The molecule has 138 valence electrons. The van der Waals surface area contributed by atoms with Gasteiger partial charge in [-0.15, -0.1) is 0 Å². The third-order valence-electron chi connectivity index (χ3n) is 6.35. The van der Waals surface area contributed by atoms with Crippen LogP contribution in [-0.2, 0) is 6.54 Å². The summed E-state index contributed by atoms with van der Waals surface area (Å²) in [6.07, 6.45) is 3.96. The zero-order valence-corrected chi connectivity index (χ0v) is 16.1. The summed E-state index contributed by atoms with van der Waals surface area (Å²) < 4.78 is 0. The number of rotatable bonds is 5. The van der Waals surface area contributed by atoms with Gasteiger partial charge in [0.15, 0.2) is 0 Å². The third-order valence-corrected chi connectivity index (χ3v) is 6.35. The van der Waals surface area contributed by atoms with Gasteiger partial charge >= 0.3 is 0 Å². The van der Waals surface area contributed by atoms with E-state index in [9.17, 15) is 0 Å². The van der Waals surface area contributed by atoms with Crippen LogP contribution in [0.4, 0.5) is 0 Å². The fraction of sp³-hybridized carbons (Fsp3) is 0.500. The summed E-state index contributed by atoms with van der Waals surface area (Å²) >= 11 is 0. The van der Waals surface area contributed by atoms with Gasteiger partial charge in [-0.05, 0) is 61.4 Å². The Morgan fingerprint density at radius 3 is 2.19 bits per heavy atom. The Labute approximate surface area is 158 Å². The van der Waals surface area contributed by atoms with Crippen molar-refractivity contribution >= 4 is 0 Å². The van der Waals surface area contributed by atoms with Gasteiger partial charge in [0, 0.05) is 19.6 Å². The first-order valence-corrected chi connectivity index (χ1v) is 10.2. The number of hydrogen-bond acceptors (Lipinski definition) is 2. The number of hydrogen-bond donors (Lipinski definition) is 0. The molecule has 0 aliphatic carbocycles. The molecule has 2 aromatic carbocycles. The van der Waals surface area contributed by atoms with Gasteiger partial charge in [0.05, 0.1) is 0 Å². The Balaban J connectivity index is 1.27. The molecule has 2 fully saturated rings. The maximum absolute atomic E-state index is 2.73. The first-order valence-electron chi connectivity index (χ1n) is 10.2. The maximum atomic E-state index is 2.73. The summed E-state index contributed by atoms with van der Waals surface area (Å²) in [6.45, 7) is 9.86. The van der Waals surface area contributed by atoms with E-state index in [0.717, 1.165) is 12.5 Å². The minimum absolute atomic E-state index is 0.453. The van der Waals surface area contributed by atoms with Crippen LogP contribution >= 0.6 is 0 Å². The van der Waals surface area contributed by atoms with Crippen LogP contribution in [0, 0.1) is 5.41 Å². The molecule has 2 heterocycles. The molecule has 0 N–H and O–H groups in total. The molecule has 2 aliphatic rings. The van der Waals surface area contributed by atoms with E-state index in [2.05, 4.69) is 77.4 Å². The van der Waals surface area contributed by atoms with E-state index < -0.39 is 0 Å². The molecule has 2 saturated heterocycles. The van der Waals surface area contributed by atoms with Crippen molar-refractivity contribution in [2.75, 3.05) is 32.7 Å². The van der Waals surface area contributed by atoms with Gasteiger partial charge in [-0.1, -0.05) is 67.6 Å². The molecule has 0 unspecified atom stereocenters. The molecule has 26 heavy (non-hydrogen) atoms. The van der Waals surface area contributed by atoms with E-state index in [1.807, 2.05) is 0 Å². The largest absolute Gasteiger partial charge is 0.303 e. The van der Waals surface area contributed by atoms with Gasteiger partial charge in [0.1, 0.15) is 0 Å². The summed E-state index contributed by atoms with van der Waals surface area (Å²) in [4.78, 5) is 5.37. The van der Waals surface area contributed by atoms with Crippen LogP contribution in [0.25, 0.3) is 0 Å². The molecular formula is C24H32N2. The zero-order chi connectivity index (χ0) is 17.8. The average molecular weight is 349 g/mol. The first-order chi connectivity index (χ1) is 12.7. The highest BCUT2D eigenvalue weighted by Gasteiger charge is 2.36. The topological polar surface area (TPSA) is 6.48 Å². The van der Waals surface area contributed by atoms with Gasteiger partial charge < -0.3 is 4.90 Å². The minimum Gasteiger partial charge on any atom is -0.303 e. The fourth-order valence-electron chi connectivity index (χ4n) is 4.92. The Morgan fingerprint density at radius 2 is 1.50 bits per heavy atom. The van der Waals surface area contributed by atoms with E-state index in [4.69, 9.17) is 0 Å². The summed E-state index contributed by atoms with van der Waals surface area (Å²) in [5.74, 6) is 0.762. The van der Waals surface area contributed by atoms with E-state index in [1.54, 1.807) is 0 Å². The fourth-order valence-corrected chi connectivity index (χ4v) is 4.92. The van der Waals surface area contributed by atoms with Crippen LogP contribution in [0.5, 0.6) is 0 Å². The van der Waals surface area contributed by atoms with Crippen LogP contribution < -0.4 is 0 Å². The first kappa shape index (κ1) is 17.8. The summed E-state index contributed by atoms with van der Waals surface area (Å²) in [5.41, 5.74) is 3.43. The second kappa shape index (κ2) is 7.94.